The van der Waals surface area contributed by atoms with Crippen molar-refractivity contribution in [1.82, 2.24) is 15.1 Å². The molecule has 3 amide bonds. The van der Waals surface area contributed by atoms with Crippen LogP contribution in [-0.4, -0.2) is 51.9 Å². The Morgan fingerprint density at radius 2 is 1.86 bits per heavy atom. The van der Waals surface area contributed by atoms with E-state index >= 15 is 0 Å². The summed E-state index contributed by atoms with van der Waals surface area (Å²) in [5, 5.41) is 3.91. The number of thioether (sulfide) groups is 1. The lowest BCUT2D eigenvalue weighted by Crippen LogP contribution is -2.63. The van der Waals surface area contributed by atoms with Crippen molar-refractivity contribution < 1.29 is 9.59 Å². The first-order valence-corrected chi connectivity index (χ1v) is 11.7. The lowest BCUT2D eigenvalue weighted by Gasteiger charge is -2.36. The molecule has 2 aliphatic heterocycles. The van der Waals surface area contributed by atoms with Crippen molar-refractivity contribution in [3.05, 3.63) is 34.9 Å². The van der Waals surface area contributed by atoms with Gasteiger partial charge in [0.15, 0.2) is 17.4 Å². The van der Waals surface area contributed by atoms with E-state index in [2.05, 4.69) is 12.2 Å². The summed E-state index contributed by atoms with van der Waals surface area (Å²) in [5.41, 5.74) is 0.940. The number of rotatable bonds is 9. The fraction of sp³-hybridized carbons (Fsp3) is 0.571. The van der Waals surface area contributed by atoms with E-state index in [1.807, 2.05) is 29.2 Å². The maximum Gasteiger partial charge on any atom is 0.325 e. The smallest absolute Gasteiger partial charge is 0.325 e. The number of imide groups is 1. The highest BCUT2D eigenvalue weighted by atomic mass is 35.5. The van der Waals surface area contributed by atoms with E-state index in [0.29, 0.717) is 11.6 Å². The Labute approximate surface area is 182 Å². The molecule has 1 N–H and O–H groups in total. The fourth-order valence-electron chi connectivity index (χ4n) is 3.64. The van der Waals surface area contributed by atoms with E-state index in [1.165, 1.54) is 37.0 Å². The molecule has 0 aliphatic carbocycles. The fourth-order valence-corrected chi connectivity index (χ4v) is 4.90. The van der Waals surface area contributed by atoms with E-state index < -0.39 is 18.2 Å². The predicted octanol–water partition coefficient (Wildman–Crippen LogP) is 4.48. The van der Waals surface area contributed by atoms with Crippen molar-refractivity contribution in [2.45, 2.75) is 64.2 Å². The number of amidine groups is 1. The number of likely N-dealkylation sites (N-methyl/N-ethyl adjacent to an activating group) is 1. The number of hydrogen-bond donors (Lipinski definition) is 1. The van der Waals surface area contributed by atoms with Crippen LogP contribution >= 0.6 is 23.4 Å². The first-order chi connectivity index (χ1) is 14.0. The van der Waals surface area contributed by atoms with Crippen molar-refractivity contribution >= 4 is 40.5 Å². The van der Waals surface area contributed by atoms with Gasteiger partial charge in [-0.3, -0.25) is 10.1 Å². The van der Waals surface area contributed by atoms with Crippen LogP contribution in [-0.2, 0) is 11.3 Å². The number of carbonyl (C=O) groups is 2. The molecule has 1 aromatic carbocycles. The average molecular weight is 437 g/mol. The summed E-state index contributed by atoms with van der Waals surface area (Å²) in [6.07, 6.45) is 6.92. The predicted molar refractivity (Wildman–Crippen MR) is 119 cm³/mol. The number of benzene rings is 1. The molecule has 2 atom stereocenters. The molecule has 2 aliphatic rings. The summed E-state index contributed by atoms with van der Waals surface area (Å²) in [6.45, 7) is 2.71. The van der Waals surface area contributed by atoms with Gasteiger partial charge in [-0.1, -0.05) is 80.6 Å². The van der Waals surface area contributed by atoms with Crippen LogP contribution in [0.5, 0.6) is 0 Å². The Bertz CT molecular complexity index is 773. The second kappa shape index (κ2) is 10.3. The van der Waals surface area contributed by atoms with Crippen LogP contribution in [0.1, 0.15) is 51.0 Å². The van der Waals surface area contributed by atoms with Gasteiger partial charge in [0, 0.05) is 24.4 Å². The summed E-state index contributed by atoms with van der Waals surface area (Å²) >= 11 is 8.03. The number of carbonyl (C=O) groups excluding carboxylic acids is 2. The molecule has 6 nitrogen and oxygen atoms in total. The largest absolute Gasteiger partial charge is 0.331 e. The van der Waals surface area contributed by atoms with Gasteiger partial charge in [0.2, 0.25) is 0 Å². The van der Waals surface area contributed by atoms with Crippen molar-refractivity contribution in [3.8, 4) is 0 Å². The van der Waals surface area contributed by atoms with Crippen molar-refractivity contribution in [3.63, 3.8) is 0 Å². The minimum Gasteiger partial charge on any atom is -0.331 e. The Hall–Kier alpha value is -1.73. The first kappa shape index (κ1) is 22.0. The van der Waals surface area contributed by atoms with Crippen LogP contribution in [0.25, 0.3) is 0 Å². The third-order valence-electron chi connectivity index (χ3n) is 5.35. The molecule has 0 spiro atoms. The number of hydrogen-bond acceptors (Lipinski definition) is 5. The van der Waals surface area contributed by atoms with Crippen LogP contribution < -0.4 is 5.32 Å². The van der Waals surface area contributed by atoms with Gasteiger partial charge in [0.05, 0.1) is 0 Å². The quantitative estimate of drug-likeness (QED) is 0.579. The Morgan fingerprint density at radius 1 is 1.14 bits per heavy atom. The molecule has 3 rings (SSSR count). The van der Waals surface area contributed by atoms with Gasteiger partial charge in [0.1, 0.15) is 0 Å². The highest BCUT2D eigenvalue weighted by Gasteiger charge is 2.48. The van der Waals surface area contributed by atoms with Gasteiger partial charge in [-0.2, -0.15) is 0 Å². The summed E-state index contributed by atoms with van der Waals surface area (Å²) in [6, 6.07) is 6.70. The molecule has 1 aromatic rings. The standard InChI is InChI=1S/C21H29ClN4O2S/c1-3-4-5-6-7-10-13-29-21-23-18-17(19(27)24-20(28)25(18)2)26(21)14-15-11-8-9-12-16(15)22/h8-9,11-12,17-18H,3-7,10,13-14H2,1-2H3,(H,24,27,28). The third-order valence-corrected chi connectivity index (χ3v) is 6.81. The number of fused-ring (bicyclic) bond motifs is 1. The number of halogens is 1. The van der Waals surface area contributed by atoms with Crippen molar-refractivity contribution in [1.29, 1.82) is 0 Å². The van der Waals surface area contributed by atoms with Crippen LogP contribution in [0.4, 0.5) is 4.79 Å². The van der Waals surface area contributed by atoms with Gasteiger partial charge in [0.25, 0.3) is 5.91 Å². The SMILES string of the molecule is CCCCCCCCSC1=NC2C(C(=O)NC(=O)N2C)N1Cc1ccccc1Cl. The van der Waals surface area contributed by atoms with Gasteiger partial charge in [-0.05, 0) is 18.1 Å². The highest BCUT2D eigenvalue weighted by molar-refractivity contribution is 8.13. The summed E-state index contributed by atoms with van der Waals surface area (Å²) in [5.74, 6) is 0.645. The Morgan fingerprint density at radius 3 is 2.62 bits per heavy atom. The summed E-state index contributed by atoms with van der Waals surface area (Å²) < 4.78 is 0. The summed E-state index contributed by atoms with van der Waals surface area (Å²) in [7, 11) is 1.68. The van der Waals surface area contributed by atoms with E-state index in [0.717, 1.165) is 22.9 Å². The minimum absolute atomic E-state index is 0.302. The molecule has 8 heteroatoms. The molecule has 2 heterocycles. The molecule has 2 unspecified atom stereocenters. The van der Waals surface area contributed by atoms with E-state index in [1.54, 1.807) is 18.8 Å². The van der Waals surface area contributed by atoms with Crippen molar-refractivity contribution in [2.24, 2.45) is 4.99 Å². The Balaban J connectivity index is 1.69. The van der Waals surface area contributed by atoms with Gasteiger partial charge in [-0.25, -0.2) is 9.79 Å². The van der Waals surface area contributed by atoms with E-state index in [4.69, 9.17) is 16.6 Å². The molecular weight excluding hydrogens is 408 g/mol. The highest BCUT2D eigenvalue weighted by Crippen LogP contribution is 2.31. The number of urea groups is 1. The number of nitrogens with zero attached hydrogens (tertiary/aromatic N) is 3. The molecule has 0 saturated carbocycles. The second-order valence-electron chi connectivity index (χ2n) is 7.51. The third kappa shape index (κ3) is 5.25. The number of aliphatic imine (C=N–C) groups is 1. The lowest BCUT2D eigenvalue weighted by atomic mass is 10.1. The number of nitrogens with one attached hydrogen (secondary N) is 1. The van der Waals surface area contributed by atoms with Gasteiger partial charge < -0.3 is 9.80 Å². The lowest BCUT2D eigenvalue weighted by molar-refractivity contribution is -0.127. The summed E-state index contributed by atoms with van der Waals surface area (Å²) in [4.78, 5) is 32.9. The molecule has 0 bridgehead atoms. The van der Waals surface area contributed by atoms with Crippen LogP contribution in [0, 0.1) is 0 Å². The maximum atomic E-state index is 12.6. The van der Waals surface area contributed by atoms with Gasteiger partial charge >= 0.3 is 6.03 Å². The van der Waals surface area contributed by atoms with Crippen molar-refractivity contribution in [2.75, 3.05) is 12.8 Å². The van der Waals surface area contributed by atoms with Gasteiger partial charge in [-0.15, -0.1) is 0 Å². The maximum absolute atomic E-state index is 12.6. The number of amides is 3. The van der Waals surface area contributed by atoms with E-state index in [-0.39, 0.29) is 5.91 Å². The molecule has 29 heavy (non-hydrogen) atoms. The molecule has 1 saturated heterocycles. The topological polar surface area (TPSA) is 65.0 Å². The zero-order valence-electron chi connectivity index (χ0n) is 17.1. The van der Waals surface area contributed by atoms with Crippen LogP contribution in [0.15, 0.2) is 29.3 Å². The number of unbranched alkanes of at least 4 members (excludes halogenated alkanes) is 5. The monoisotopic (exact) mass is 436 g/mol. The minimum atomic E-state index is -0.527. The molecular formula is C21H29ClN4O2S. The second-order valence-corrected chi connectivity index (χ2v) is 8.98. The molecule has 158 valence electrons. The molecule has 0 radical (unpaired) electrons. The normalized spacial score (nSPS) is 21.3. The van der Waals surface area contributed by atoms with Crippen LogP contribution in [0.2, 0.25) is 5.02 Å². The zero-order chi connectivity index (χ0) is 20.8. The Kier molecular flexibility index (Phi) is 7.84. The zero-order valence-corrected chi connectivity index (χ0v) is 18.6. The van der Waals surface area contributed by atoms with Crippen LogP contribution in [0.3, 0.4) is 0 Å². The van der Waals surface area contributed by atoms with E-state index in [9.17, 15) is 9.59 Å². The first-order valence-electron chi connectivity index (χ1n) is 10.3. The molecule has 1 fully saturated rings. The molecule has 0 aromatic heterocycles. The average Bonchev–Trinajstić information content (AvgIpc) is 3.06.